The summed E-state index contributed by atoms with van der Waals surface area (Å²) in [5, 5.41) is 13.2. The zero-order chi connectivity index (χ0) is 13.5. The molecule has 5 heteroatoms. The molecule has 1 fully saturated rings. The first-order valence-corrected chi connectivity index (χ1v) is 7.77. The van der Waals surface area contributed by atoms with Crippen LogP contribution < -0.4 is 10.1 Å². The van der Waals surface area contributed by atoms with Gasteiger partial charge in [-0.2, -0.15) is 11.8 Å². The fraction of sp³-hybridized carbons (Fsp3) is 0.571. The van der Waals surface area contributed by atoms with Crippen molar-refractivity contribution >= 4 is 11.8 Å². The molecule has 0 spiro atoms. The molecule has 3 nitrogen and oxygen atoms in total. The van der Waals surface area contributed by atoms with Crippen LogP contribution in [0, 0.1) is 5.82 Å². The Labute approximate surface area is 117 Å². The summed E-state index contributed by atoms with van der Waals surface area (Å²) in [5.74, 6) is 2.68. The zero-order valence-corrected chi connectivity index (χ0v) is 11.7. The lowest BCUT2D eigenvalue weighted by atomic mass is 10.1. The lowest BCUT2D eigenvalue weighted by molar-refractivity contribution is 0.103. The fourth-order valence-corrected chi connectivity index (χ4v) is 3.09. The summed E-state index contributed by atoms with van der Waals surface area (Å²) < 4.78 is 18.1. The largest absolute Gasteiger partial charge is 0.491 e. The van der Waals surface area contributed by atoms with Crippen LogP contribution in [0.15, 0.2) is 24.3 Å². The number of aliphatic hydroxyl groups is 1. The molecule has 1 aliphatic heterocycles. The van der Waals surface area contributed by atoms with Crippen LogP contribution in [0.1, 0.15) is 12.8 Å². The molecule has 0 saturated carbocycles. The van der Waals surface area contributed by atoms with Gasteiger partial charge in [0.05, 0.1) is 0 Å². The van der Waals surface area contributed by atoms with Gasteiger partial charge in [-0.15, -0.1) is 0 Å². The van der Waals surface area contributed by atoms with Crippen LogP contribution in [0.4, 0.5) is 4.39 Å². The topological polar surface area (TPSA) is 41.5 Å². The number of halogens is 1. The van der Waals surface area contributed by atoms with E-state index < -0.39 is 6.10 Å². The van der Waals surface area contributed by atoms with E-state index in [1.165, 1.54) is 23.6 Å². The third kappa shape index (κ3) is 5.38. The van der Waals surface area contributed by atoms with Gasteiger partial charge in [-0.25, -0.2) is 4.39 Å². The standard InChI is InChI=1S/C14H20FNO2S/c15-11-1-3-14(4-2-11)18-10-13(17)9-16-12-5-7-19-8-6-12/h1-4,12-13,16-17H,5-10H2. The molecule has 1 saturated heterocycles. The minimum Gasteiger partial charge on any atom is -0.491 e. The van der Waals surface area contributed by atoms with Gasteiger partial charge in [0.15, 0.2) is 0 Å². The van der Waals surface area contributed by atoms with E-state index in [4.69, 9.17) is 4.74 Å². The lowest BCUT2D eigenvalue weighted by Gasteiger charge is -2.24. The van der Waals surface area contributed by atoms with Gasteiger partial charge < -0.3 is 15.2 Å². The highest BCUT2D eigenvalue weighted by Gasteiger charge is 2.14. The molecule has 2 rings (SSSR count). The molecule has 1 atom stereocenters. The summed E-state index contributed by atoms with van der Waals surface area (Å²) in [7, 11) is 0. The second kappa shape index (κ2) is 7.72. The van der Waals surface area contributed by atoms with Crippen molar-refractivity contribution in [3.05, 3.63) is 30.1 Å². The van der Waals surface area contributed by atoms with Crippen molar-refractivity contribution in [2.24, 2.45) is 0 Å². The Balaban J connectivity index is 1.63. The minimum absolute atomic E-state index is 0.222. The molecule has 2 N–H and O–H groups in total. The zero-order valence-electron chi connectivity index (χ0n) is 10.8. The van der Waals surface area contributed by atoms with Crippen molar-refractivity contribution < 1.29 is 14.2 Å². The van der Waals surface area contributed by atoms with Gasteiger partial charge >= 0.3 is 0 Å². The van der Waals surface area contributed by atoms with Gasteiger partial charge in [-0.1, -0.05) is 0 Å². The molecular formula is C14H20FNO2S. The Bertz CT molecular complexity index is 368. The maximum Gasteiger partial charge on any atom is 0.123 e. The Hall–Kier alpha value is -0.780. The summed E-state index contributed by atoms with van der Waals surface area (Å²) in [6, 6.07) is 6.34. The summed E-state index contributed by atoms with van der Waals surface area (Å²) in [6.07, 6.45) is 1.78. The molecule has 0 aromatic heterocycles. The highest BCUT2D eigenvalue weighted by molar-refractivity contribution is 7.99. The normalized spacial score (nSPS) is 18.2. The summed E-state index contributed by atoms with van der Waals surface area (Å²) >= 11 is 1.98. The highest BCUT2D eigenvalue weighted by Crippen LogP contribution is 2.16. The molecule has 0 amide bonds. The number of nitrogens with one attached hydrogen (secondary N) is 1. The molecule has 1 unspecified atom stereocenters. The summed E-state index contributed by atoms with van der Waals surface area (Å²) in [4.78, 5) is 0. The molecule has 19 heavy (non-hydrogen) atoms. The molecule has 106 valence electrons. The Morgan fingerprint density at radius 3 is 2.68 bits per heavy atom. The third-order valence-electron chi connectivity index (χ3n) is 3.12. The number of ether oxygens (including phenoxy) is 1. The number of aliphatic hydroxyl groups excluding tert-OH is 1. The van der Waals surface area contributed by atoms with Crippen molar-refractivity contribution in [3.8, 4) is 5.75 Å². The Kier molecular flexibility index (Phi) is 5.94. The van der Waals surface area contributed by atoms with E-state index in [0.717, 1.165) is 12.8 Å². The maximum atomic E-state index is 12.7. The van der Waals surface area contributed by atoms with Gasteiger partial charge in [-0.3, -0.25) is 0 Å². The first-order valence-electron chi connectivity index (χ1n) is 6.61. The smallest absolute Gasteiger partial charge is 0.123 e. The van der Waals surface area contributed by atoms with Crippen LogP contribution in [0.25, 0.3) is 0 Å². The van der Waals surface area contributed by atoms with Crippen molar-refractivity contribution in [2.45, 2.75) is 25.0 Å². The van der Waals surface area contributed by atoms with Crippen LogP contribution in [0.5, 0.6) is 5.75 Å². The maximum absolute atomic E-state index is 12.7. The average Bonchev–Trinajstić information content (AvgIpc) is 2.45. The van der Waals surface area contributed by atoms with E-state index in [-0.39, 0.29) is 12.4 Å². The molecule has 0 aliphatic carbocycles. The second-order valence-electron chi connectivity index (χ2n) is 4.71. The first-order chi connectivity index (χ1) is 9.24. The molecule has 0 bridgehead atoms. The van der Waals surface area contributed by atoms with Crippen molar-refractivity contribution in [1.82, 2.24) is 5.32 Å². The monoisotopic (exact) mass is 285 g/mol. The SMILES string of the molecule is OC(CNC1CCSCC1)COc1ccc(F)cc1. The van der Waals surface area contributed by atoms with Crippen LogP contribution >= 0.6 is 11.8 Å². The quantitative estimate of drug-likeness (QED) is 0.839. The van der Waals surface area contributed by atoms with Crippen molar-refractivity contribution in [2.75, 3.05) is 24.7 Å². The summed E-state index contributed by atoms with van der Waals surface area (Å²) in [5.41, 5.74) is 0. The molecular weight excluding hydrogens is 265 g/mol. The molecule has 1 heterocycles. The molecule has 1 aromatic carbocycles. The van der Waals surface area contributed by atoms with E-state index >= 15 is 0 Å². The van der Waals surface area contributed by atoms with Gasteiger partial charge in [0.25, 0.3) is 0 Å². The number of benzene rings is 1. The van der Waals surface area contributed by atoms with E-state index in [1.54, 1.807) is 12.1 Å². The van der Waals surface area contributed by atoms with E-state index in [1.807, 2.05) is 11.8 Å². The second-order valence-corrected chi connectivity index (χ2v) is 5.94. The van der Waals surface area contributed by atoms with Gasteiger partial charge in [0, 0.05) is 12.6 Å². The van der Waals surface area contributed by atoms with E-state index in [2.05, 4.69) is 5.32 Å². The van der Waals surface area contributed by atoms with Crippen LogP contribution in [-0.4, -0.2) is 41.9 Å². The average molecular weight is 285 g/mol. The van der Waals surface area contributed by atoms with Crippen molar-refractivity contribution in [1.29, 1.82) is 0 Å². The number of thioether (sulfide) groups is 1. The Morgan fingerprint density at radius 1 is 1.32 bits per heavy atom. The first kappa shape index (κ1) is 14.6. The van der Waals surface area contributed by atoms with Gasteiger partial charge in [0.2, 0.25) is 0 Å². The Morgan fingerprint density at radius 2 is 2.00 bits per heavy atom. The third-order valence-corrected chi connectivity index (χ3v) is 4.17. The predicted molar refractivity (Wildman–Crippen MR) is 76.3 cm³/mol. The van der Waals surface area contributed by atoms with Crippen molar-refractivity contribution in [3.63, 3.8) is 0 Å². The molecule has 1 aliphatic rings. The van der Waals surface area contributed by atoms with Crippen LogP contribution in [0.2, 0.25) is 0 Å². The minimum atomic E-state index is -0.542. The molecule has 0 radical (unpaired) electrons. The number of rotatable bonds is 6. The van der Waals surface area contributed by atoms with Gasteiger partial charge in [-0.05, 0) is 48.6 Å². The highest BCUT2D eigenvalue weighted by atomic mass is 32.2. The van der Waals surface area contributed by atoms with Gasteiger partial charge in [0.1, 0.15) is 24.3 Å². The number of hydrogen-bond donors (Lipinski definition) is 2. The number of hydrogen-bond acceptors (Lipinski definition) is 4. The summed E-state index contributed by atoms with van der Waals surface area (Å²) in [6.45, 7) is 0.761. The predicted octanol–water partition coefficient (Wildman–Crippen LogP) is 2.05. The molecule has 1 aromatic rings. The van der Waals surface area contributed by atoms with Crippen LogP contribution in [0.3, 0.4) is 0 Å². The van der Waals surface area contributed by atoms with E-state index in [0.29, 0.717) is 18.3 Å². The lowest BCUT2D eigenvalue weighted by Crippen LogP contribution is -2.39. The fourth-order valence-electron chi connectivity index (χ4n) is 1.99. The van der Waals surface area contributed by atoms with E-state index in [9.17, 15) is 9.50 Å². The van der Waals surface area contributed by atoms with Crippen LogP contribution in [-0.2, 0) is 0 Å².